The number of aryl methyl sites for hydroxylation is 1. The number of hydrogen-bond donors (Lipinski definition) is 0. The van der Waals surface area contributed by atoms with Gasteiger partial charge in [-0.05, 0) is 79.8 Å². The molecule has 2 heteroatoms. The average molecular weight is 492 g/mol. The van der Waals surface area contributed by atoms with Crippen LogP contribution in [-0.4, -0.2) is 4.68 Å². The van der Waals surface area contributed by atoms with Crippen molar-refractivity contribution in [2.45, 2.75) is 93.0 Å². The van der Waals surface area contributed by atoms with Gasteiger partial charge in [0, 0.05) is 10.9 Å². The fourth-order valence-electron chi connectivity index (χ4n) is 6.56. The van der Waals surface area contributed by atoms with Gasteiger partial charge in [0.2, 0.25) is 5.52 Å². The van der Waals surface area contributed by atoms with E-state index in [2.05, 4.69) is 133 Å². The van der Waals surface area contributed by atoms with Gasteiger partial charge in [-0.3, -0.25) is 0 Å². The zero-order valence-electron chi connectivity index (χ0n) is 24.4. The third kappa shape index (κ3) is 3.79. The maximum Gasteiger partial charge on any atom is 0.254 e. The predicted molar refractivity (Wildman–Crippen MR) is 160 cm³/mol. The lowest BCUT2D eigenvalue weighted by molar-refractivity contribution is -0.586. The molecule has 5 aromatic rings. The van der Waals surface area contributed by atoms with Gasteiger partial charge in [-0.1, -0.05) is 88.5 Å². The Kier molecular flexibility index (Phi) is 6.42. The zero-order chi connectivity index (χ0) is 26.8. The summed E-state index contributed by atoms with van der Waals surface area (Å²) in [4.78, 5) is 0. The second kappa shape index (κ2) is 9.31. The third-order valence-electron chi connectivity index (χ3n) is 8.18. The van der Waals surface area contributed by atoms with E-state index in [9.17, 15) is 0 Å². The van der Waals surface area contributed by atoms with E-state index in [4.69, 9.17) is 0 Å². The van der Waals surface area contributed by atoms with Gasteiger partial charge >= 0.3 is 0 Å². The van der Waals surface area contributed by atoms with Crippen LogP contribution in [0.5, 0.6) is 0 Å². The van der Waals surface area contributed by atoms with Crippen molar-refractivity contribution in [2.75, 3.05) is 0 Å². The van der Waals surface area contributed by atoms with Gasteiger partial charge in [-0.15, -0.1) is 4.68 Å². The van der Waals surface area contributed by atoms with Crippen LogP contribution in [0.1, 0.15) is 107 Å². The first-order valence-electron chi connectivity index (χ1n) is 14.1. The molecule has 0 saturated carbocycles. The molecular weight excluding hydrogens is 448 g/mol. The fourth-order valence-corrected chi connectivity index (χ4v) is 6.56. The molecule has 0 aliphatic carbocycles. The van der Waals surface area contributed by atoms with Crippen LogP contribution in [-0.2, 0) is 0 Å². The van der Waals surface area contributed by atoms with Gasteiger partial charge in [-0.2, -0.15) is 0 Å². The van der Waals surface area contributed by atoms with Crippen molar-refractivity contribution < 1.29 is 4.52 Å². The summed E-state index contributed by atoms with van der Waals surface area (Å²) in [6.07, 6.45) is 0. The molecule has 3 aromatic carbocycles. The summed E-state index contributed by atoms with van der Waals surface area (Å²) in [5, 5.41) is 4.08. The molecule has 37 heavy (non-hydrogen) atoms. The number of nitrogens with zero attached hydrogens (tertiary/aromatic N) is 2. The average Bonchev–Trinajstić information content (AvgIpc) is 3.15. The standard InChI is InChI=1S/C35H43N2/c1-20(2)26-15-12-16-27(21(3)4)33(26)32-25(10)36(23(7)8)37-34-28(22(5)6)17-13-19-29(34)31-24(9)14-11-18-30(31)35(32)37/h11-23H,1-10H3/q+1. The van der Waals surface area contributed by atoms with Crippen LogP contribution >= 0.6 is 0 Å². The van der Waals surface area contributed by atoms with Crippen LogP contribution in [0.3, 0.4) is 0 Å². The first-order chi connectivity index (χ1) is 17.6. The molecule has 0 fully saturated rings. The fraction of sp³-hybridized carbons (Fsp3) is 0.400. The first kappa shape index (κ1) is 25.5. The topological polar surface area (TPSA) is 9.03 Å². The molecule has 0 aliphatic heterocycles. The Bertz CT molecular complexity index is 1620. The molecule has 0 N–H and O–H groups in total. The maximum absolute atomic E-state index is 2.59. The van der Waals surface area contributed by atoms with Gasteiger partial charge in [-0.25, -0.2) is 0 Å². The first-order valence-corrected chi connectivity index (χ1v) is 14.1. The van der Waals surface area contributed by atoms with Crippen molar-refractivity contribution in [3.63, 3.8) is 0 Å². The summed E-state index contributed by atoms with van der Waals surface area (Å²) in [7, 11) is 0. The molecule has 0 amide bonds. The van der Waals surface area contributed by atoms with Gasteiger partial charge in [0.25, 0.3) is 5.52 Å². The Morgan fingerprint density at radius 3 is 1.59 bits per heavy atom. The Labute approximate surface area is 222 Å². The molecule has 5 rings (SSSR count). The Morgan fingerprint density at radius 2 is 1.05 bits per heavy atom. The maximum atomic E-state index is 2.59. The Morgan fingerprint density at radius 1 is 0.568 bits per heavy atom. The Hall–Kier alpha value is -3.13. The minimum Gasteiger partial charge on any atom is -0.149 e. The molecule has 2 heterocycles. The van der Waals surface area contributed by atoms with Gasteiger partial charge in [0.05, 0.1) is 28.1 Å². The van der Waals surface area contributed by atoms with Crippen molar-refractivity contribution in [1.29, 1.82) is 0 Å². The number of benzene rings is 3. The van der Waals surface area contributed by atoms with Gasteiger partial charge in [0.15, 0.2) is 0 Å². The molecule has 192 valence electrons. The number of pyridine rings is 1. The van der Waals surface area contributed by atoms with E-state index in [-0.39, 0.29) is 0 Å². The van der Waals surface area contributed by atoms with Crippen LogP contribution in [0.15, 0.2) is 54.6 Å². The molecule has 0 atom stereocenters. The lowest BCUT2D eigenvalue weighted by Gasteiger charge is -2.19. The minimum atomic E-state index is 0.320. The molecule has 2 aromatic heterocycles. The molecule has 0 radical (unpaired) electrons. The van der Waals surface area contributed by atoms with E-state index >= 15 is 0 Å². The van der Waals surface area contributed by atoms with Crippen LogP contribution in [0.2, 0.25) is 0 Å². The highest BCUT2D eigenvalue weighted by atomic mass is 15.4. The summed E-state index contributed by atoms with van der Waals surface area (Å²) in [6, 6.07) is 21.0. The highest BCUT2D eigenvalue weighted by Gasteiger charge is 2.34. The number of aromatic nitrogens is 2. The molecular formula is C35H43N2+. The van der Waals surface area contributed by atoms with E-state index in [1.807, 2.05) is 0 Å². The lowest BCUT2D eigenvalue weighted by atomic mass is 9.83. The number of hydrogen-bond acceptors (Lipinski definition) is 0. The van der Waals surface area contributed by atoms with Crippen molar-refractivity contribution >= 4 is 27.2 Å². The summed E-state index contributed by atoms with van der Waals surface area (Å²) in [5.41, 5.74) is 12.5. The van der Waals surface area contributed by atoms with E-state index < -0.39 is 0 Å². The van der Waals surface area contributed by atoms with Crippen LogP contribution in [0, 0.1) is 13.8 Å². The highest BCUT2D eigenvalue weighted by Crippen LogP contribution is 2.43. The Balaban J connectivity index is 2.19. The lowest BCUT2D eigenvalue weighted by Crippen LogP contribution is -2.36. The van der Waals surface area contributed by atoms with Crippen molar-refractivity contribution in [1.82, 2.24) is 4.68 Å². The van der Waals surface area contributed by atoms with Crippen molar-refractivity contribution in [2.24, 2.45) is 0 Å². The van der Waals surface area contributed by atoms with E-state index in [1.54, 1.807) is 0 Å². The molecule has 0 saturated heterocycles. The van der Waals surface area contributed by atoms with Crippen LogP contribution in [0.25, 0.3) is 38.3 Å². The minimum absolute atomic E-state index is 0.320. The summed E-state index contributed by atoms with van der Waals surface area (Å²) >= 11 is 0. The van der Waals surface area contributed by atoms with Crippen molar-refractivity contribution in [3.05, 3.63) is 82.5 Å². The predicted octanol–water partition coefficient (Wildman–Crippen LogP) is 9.77. The summed E-state index contributed by atoms with van der Waals surface area (Å²) in [5.74, 6) is 1.31. The van der Waals surface area contributed by atoms with Gasteiger partial charge < -0.3 is 0 Å². The molecule has 0 spiro atoms. The SMILES string of the molecule is Cc1cccc2c1c1cccc(C(C)C)c1[n+]1c2c(-c2c(C(C)C)cccc2C(C)C)c(C)n1C(C)C. The third-order valence-corrected chi connectivity index (χ3v) is 8.18. The second-order valence-corrected chi connectivity index (χ2v) is 12.1. The van der Waals surface area contributed by atoms with E-state index in [0.717, 1.165) is 0 Å². The van der Waals surface area contributed by atoms with Crippen LogP contribution < -0.4 is 4.52 Å². The summed E-state index contributed by atoms with van der Waals surface area (Å²) in [6.45, 7) is 23.3. The van der Waals surface area contributed by atoms with Crippen molar-refractivity contribution in [3.8, 4) is 11.1 Å². The van der Waals surface area contributed by atoms with E-state index in [0.29, 0.717) is 23.8 Å². The van der Waals surface area contributed by atoms with E-state index in [1.165, 1.54) is 66.3 Å². The number of rotatable bonds is 5. The smallest absolute Gasteiger partial charge is 0.149 e. The molecule has 0 bridgehead atoms. The zero-order valence-corrected chi connectivity index (χ0v) is 24.4. The van der Waals surface area contributed by atoms with Crippen LogP contribution in [0.4, 0.5) is 0 Å². The quantitative estimate of drug-likeness (QED) is 0.171. The monoisotopic (exact) mass is 491 g/mol. The molecule has 2 nitrogen and oxygen atoms in total. The summed E-state index contributed by atoms with van der Waals surface area (Å²) < 4.78 is 5.14. The largest absolute Gasteiger partial charge is 0.254 e. The van der Waals surface area contributed by atoms with Gasteiger partial charge in [0.1, 0.15) is 0 Å². The molecule has 0 aliphatic rings. The second-order valence-electron chi connectivity index (χ2n) is 12.1. The number of fused-ring (bicyclic) bond motifs is 6. The highest BCUT2D eigenvalue weighted by molar-refractivity contribution is 6.15. The molecule has 0 unspecified atom stereocenters. The number of para-hydroxylation sites is 1. The normalized spacial score (nSPS) is 12.5.